The molecule has 0 spiro atoms. The summed E-state index contributed by atoms with van der Waals surface area (Å²) < 4.78 is 1.89. The summed E-state index contributed by atoms with van der Waals surface area (Å²) in [5.74, 6) is -0.224. The van der Waals surface area contributed by atoms with E-state index in [4.69, 9.17) is 0 Å². The van der Waals surface area contributed by atoms with E-state index >= 15 is 0 Å². The van der Waals surface area contributed by atoms with Crippen LogP contribution in [-0.4, -0.2) is 33.8 Å². The van der Waals surface area contributed by atoms with E-state index < -0.39 is 0 Å². The number of nitrogens with one attached hydrogen (secondary N) is 2. The number of carbonyl (C=O) groups is 1. The summed E-state index contributed by atoms with van der Waals surface area (Å²) in [5, 5.41) is 13.2. The van der Waals surface area contributed by atoms with E-state index in [1.54, 1.807) is 6.07 Å². The molecule has 7 heteroatoms. The van der Waals surface area contributed by atoms with Crippen molar-refractivity contribution in [1.29, 1.82) is 0 Å². The highest BCUT2D eigenvalue weighted by molar-refractivity contribution is 7.14. The van der Waals surface area contributed by atoms with Gasteiger partial charge in [-0.3, -0.25) is 14.8 Å². The van der Waals surface area contributed by atoms with Crippen molar-refractivity contribution < 1.29 is 4.79 Å². The fourth-order valence-electron chi connectivity index (χ4n) is 3.20. The number of nitrogens with zero attached hydrogens (tertiary/aromatic N) is 3. The standard InChI is InChI=1S/C19H21N5OS/c1-13-5-2-3-7-15(13)17-12-26-19(21-17)22-18(25)16-8-10-24(23-16)14-6-4-9-20-11-14/h2-3,5,7-8,10,12,14,20H,4,6,9,11H2,1H3,(H,21,22,25). The van der Waals surface area contributed by atoms with Crippen LogP contribution in [0.1, 0.15) is 34.9 Å². The Hall–Kier alpha value is -2.51. The smallest absolute Gasteiger partial charge is 0.277 e. The van der Waals surface area contributed by atoms with Crippen molar-refractivity contribution in [3.8, 4) is 11.3 Å². The van der Waals surface area contributed by atoms with Crippen LogP contribution in [0.15, 0.2) is 41.9 Å². The third-order valence-corrected chi connectivity index (χ3v) is 5.39. The van der Waals surface area contributed by atoms with Gasteiger partial charge in [0.25, 0.3) is 5.91 Å². The second kappa shape index (κ2) is 7.39. The number of carbonyl (C=O) groups excluding carboxylic acids is 1. The van der Waals surface area contributed by atoms with Crippen LogP contribution in [0.4, 0.5) is 5.13 Å². The Morgan fingerprint density at radius 1 is 1.35 bits per heavy atom. The Bertz CT molecular complexity index is 910. The first-order chi connectivity index (χ1) is 12.7. The van der Waals surface area contributed by atoms with Gasteiger partial charge in [-0.15, -0.1) is 11.3 Å². The van der Waals surface area contributed by atoms with E-state index in [9.17, 15) is 4.79 Å². The lowest BCUT2D eigenvalue weighted by molar-refractivity contribution is 0.102. The van der Waals surface area contributed by atoms with Crippen LogP contribution in [0.3, 0.4) is 0 Å². The van der Waals surface area contributed by atoms with Crippen LogP contribution in [0.2, 0.25) is 0 Å². The van der Waals surface area contributed by atoms with Gasteiger partial charge in [-0.2, -0.15) is 5.10 Å². The van der Waals surface area contributed by atoms with Crippen molar-refractivity contribution in [2.45, 2.75) is 25.8 Å². The highest BCUT2D eigenvalue weighted by atomic mass is 32.1. The summed E-state index contributed by atoms with van der Waals surface area (Å²) in [7, 11) is 0. The third-order valence-electron chi connectivity index (χ3n) is 4.63. The van der Waals surface area contributed by atoms with E-state index in [0.717, 1.165) is 42.8 Å². The Morgan fingerprint density at radius 3 is 3.04 bits per heavy atom. The molecule has 0 saturated carbocycles. The number of aryl methyl sites for hydroxylation is 1. The minimum atomic E-state index is -0.224. The predicted octanol–water partition coefficient (Wildman–Crippen LogP) is 3.49. The molecule has 0 bridgehead atoms. The number of hydrogen-bond acceptors (Lipinski definition) is 5. The second-order valence-electron chi connectivity index (χ2n) is 6.49. The highest BCUT2D eigenvalue weighted by Gasteiger charge is 2.18. The molecule has 0 aliphatic carbocycles. The van der Waals surface area contributed by atoms with Crippen LogP contribution in [-0.2, 0) is 0 Å². The van der Waals surface area contributed by atoms with E-state index in [0.29, 0.717) is 16.9 Å². The molecule has 0 radical (unpaired) electrons. The first-order valence-electron chi connectivity index (χ1n) is 8.79. The Morgan fingerprint density at radius 2 is 2.23 bits per heavy atom. The van der Waals surface area contributed by atoms with Gasteiger partial charge in [0.05, 0.1) is 11.7 Å². The number of benzene rings is 1. The van der Waals surface area contributed by atoms with Crippen molar-refractivity contribution >= 4 is 22.4 Å². The SMILES string of the molecule is Cc1ccccc1-c1csc(NC(=O)c2ccn(C3CCCNC3)n2)n1. The molecule has 1 aromatic carbocycles. The van der Waals surface area contributed by atoms with Gasteiger partial charge < -0.3 is 5.32 Å². The van der Waals surface area contributed by atoms with Crippen molar-refractivity contribution in [2.24, 2.45) is 0 Å². The van der Waals surface area contributed by atoms with Crippen LogP contribution in [0.25, 0.3) is 11.3 Å². The summed E-state index contributed by atoms with van der Waals surface area (Å²) in [6, 6.07) is 10.2. The maximum Gasteiger partial charge on any atom is 0.277 e. The quantitative estimate of drug-likeness (QED) is 0.740. The topological polar surface area (TPSA) is 71.8 Å². The van der Waals surface area contributed by atoms with E-state index in [1.165, 1.54) is 11.3 Å². The van der Waals surface area contributed by atoms with Gasteiger partial charge in [0.15, 0.2) is 10.8 Å². The van der Waals surface area contributed by atoms with Crippen LogP contribution in [0.5, 0.6) is 0 Å². The molecule has 2 aromatic heterocycles. The molecule has 1 saturated heterocycles. The van der Waals surface area contributed by atoms with Gasteiger partial charge in [-0.05, 0) is 37.9 Å². The number of rotatable bonds is 4. The van der Waals surface area contributed by atoms with Crippen LogP contribution in [0, 0.1) is 6.92 Å². The van der Waals surface area contributed by atoms with Gasteiger partial charge in [0, 0.05) is 23.7 Å². The first kappa shape index (κ1) is 16.9. The second-order valence-corrected chi connectivity index (χ2v) is 7.35. The molecule has 1 fully saturated rings. The molecule has 1 amide bonds. The zero-order valence-corrected chi connectivity index (χ0v) is 15.4. The maximum absolute atomic E-state index is 12.5. The molecule has 3 aromatic rings. The largest absolute Gasteiger partial charge is 0.315 e. The van der Waals surface area contributed by atoms with Crippen molar-refractivity contribution in [3.63, 3.8) is 0 Å². The number of thiazole rings is 1. The van der Waals surface area contributed by atoms with Crippen LogP contribution < -0.4 is 10.6 Å². The highest BCUT2D eigenvalue weighted by Crippen LogP contribution is 2.27. The number of aromatic nitrogens is 3. The zero-order valence-electron chi connectivity index (χ0n) is 14.6. The summed E-state index contributed by atoms with van der Waals surface area (Å²) in [4.78, 5) is 17.0. The van der Waals surface area contributed by atoms with E-state index in [2.05, 4.69) is 33.7 Å². The number of anilines is 1. The Labute approximate surface area is 156 Å². The molecule has 1 aliphatic heterocycles. The van der Waals surface area contributed by atoms with Crippen molar-refractivity contribution in [2.75, 3.05) is 18.4 Å². The molecule has 1 unspecified atom stereocenters. The molecule has 3 heterocycles. The Kier molecular flexibility index (Phi) is 4.81. The number of hydrogen-bond donors (Lipinski definition) is 2. The normalized spacial score (nSPS) is 17.2. The third kappa shape index (κ3) is 3.54. The van der Waals surface area contributed by atoms with Crippen molar-refractivity contribution in [1.82, 2.24) is 20.1 Å². The minimum Gasteiger partial charge on any atom is -0.315 e. The summed E-state index contributed by atoms with van der Waals surface area (Å²) in [6.07, 6.45) is 4.10. The lowest BCUT2D eigenvalue weighted by atomic mass is 10.1. The number of amides is 1. The molecule has 1 atom stereocenters. The molecular formula is C19H21N5OS. The molecule has 26 heavy (non-hydrogen) atoms. The van der Waals surface area contributed by atoms with E-state index in [1.807, 2.05) is 34.5 Å². The fraction of sp³-hybridized carbons (Fsp3) is 0.316. The predicted molar refractivity (Wildman–Crippen MR) is 104 cm³/mol. The molecule has 134 valence electrons. The van der Waals surface area contributed by atoms with Crippen LogP contribution >= 0.6 is 11.3 Å². The zero-order chi connectivity index (χ0) is 17.9. The summed E-state index contributed by atoms with van der Waals surface area (Å²) in [6.45, 7) is 4.01. The van der Waals surface area contributed by atoms with Gasteiger partial charge in [0.2, 0.25) is 0 Å². The molecular weight excluding hydrogens is 346 g/mol. The number of piperidine rings is 1. The molecule has 1 aliphatic rings. The lowest BCUT2D eigenvalue weighted by Crippen LogP contribution is -2.32. The average Bonchev–Trinajstić information content (AvgIpc) is 3.33. The van der Waals surface area contributed by atoms with Gasteiger partial charge in [-0.25, -0.2) is 4.98 Å². The fourth-order valence-corrected chi connectivity index (χ4v) is 3.90. The minimum absolute atomic E-state index is 0.224. The molecule has 4 rings (SSSR count). The Balaban J connectivity index is 1.45. The van der Waals surface area contributed by atoms with Gasteiger partial charge >= 0.3 is 0 Å². The van der Waals surface area contributed by atoms with E-state index in [-0.39, 0.29) is 5.91 Å². The molecule has 2 N–H and O–H groups in total. The summed E-state index contributed by atoms with van der Waals surface area (Å²) in [5.41, 5.74) is 3.54. The summed E-state index contributed by atoms with van der Waals surface area (Å²) >= 11 is 1.42. The average molecular weight is 367 g/mol. The first-order valence-corrected chi connectivity index (χ1v) is 9.67. The lowest BCUT2D eigenvalue weighted by Gasteiger charge is -2.22. The van der Waals surface area contributed by atoms with Gasteiger partial charge in [-0.1, -0.05) is 24.3 Å². The van der Waals surface area contributed by atoms with Gasteiger partial charge in [0.1, 0.15) is 0 Å². The maximum atomic E-state index is 12.5. The monoisotopic (exact) mass is 367 g/mol. The molecule has 6 nitrogen and oxygen atoms in total. The van der Waals surface area contributed by atoms with Crippen molar-refractivity contribution in [3.05, 3.63) is 53.2 Å².